The zero-order valence-electron chi connectivity index (χ0n) is 10.4. The second-order valence-electron chi connectivity index (χ2n) is 3.78. The van der Waals surface area contributed by atoms with E-state index < -0.39 is 5.97 Å². The predicted molar refractivity (Wildman–Crippen MR) is 73.8 cm³/mol. The quantitative estimate of drug-likeness (QED) is 0.850. The van der Waals surface area contributed by atoms with Gasteiger partial charge >= 0.3 is 5.97 Å². The summed E-state index contributed by atoms with van der Waals surface area (Å²) in [6, 6.07) is 11.0. The fourth-order valence-electron chi connectivity index (χ4n) is 1.53. The number of rotatable bonds is 5. The number of nitrogens with zero attached hydrogens (tertiary/aromatic N) is 1. The molecule has 0 radical (unpaired) electrons. The van der Waals surface area contributed by atoms with Gasteiger partial charge in [0, 0.05) is 16.8 Å². The molecule has 2 rings (SSSR count). The molecular formula is C14H13NO3S. The lowest BCUT2D eigenvalue weighted by molar-refractivity contribution is 0.0696. The van der Waals surface area contributed by atoms with Crippen LogP contribution in [0.1, 0.15) is 16.1 Å². The van der Waals surface area contributed by atoms with E-state index in [-0.39, 0.29) is 5.56 Å². The van der Waals surface area contributed by atoms with Gasteiger partial charge in [-0.3, -0.25) is 4.98 Å². The Morgan fingerprint density at radius 1 is 1.32 bits per heavy atom. The molecule has 4 nitrogen and oxygen atoms in total. The molecule has 19 heavy (non-hydrogen) atoms. The maximum absolute atomic E-state index is 10.7. The monoisotopic (exact) mass is 275 g/mol. The summed E-state index contributed by atoms with van der Waals surface area (Å²) in [4.78, 5) is 15.9. The van der Waals surface area contributed by atoms with E-state index >= 15 is 0 Å². The van der Waals surface area contributed by atoms with Crippen molar-refractivity contribution in [2.75, 3.05) is 7.11 Å². The van der Waals surface area contributed by atoms with E-state index in [1.165, 1.54) is 6.20 Å². The van der Waals surface area contributed by atoms with E-state index in [4.69, 9.17) is 9.84 Å². The second kappa shape index (κ2) is 6.24. The highest BCUT2D eigenvalue weighted by molar-refractivity contribution is 7.98. The highest BCUT2D eigenvalue weighted by atomic mass is 32.2. The predicted octanol–water partition coefficient (Wildman–Crippen LogP) is 3.08. The summed E-state index contributed by atoms with van der Waals surface area (Å²) in [5, 5.41) is 8.79. The zero-order valence-corrected chi connectivity index (χ0v) is 11.2. The third-order valence-electron chi connectivity index (χ3n) is 2.52. The van der Waals surface area contributed by atoms with E-state index in [0.717, 1.165) is 16.3 Å². The summed E-state index contributed by atoms with van der Waals surface area (Å²) in [5.41, 5.74) is 1.03. The molecule has 98 valence electrons. The molecule has 0 aliphatic rings. The lowest BCUT2D eigenvalue weighted by atomic mass is 10.2. The number of carboxylic acid groups (broad SMARTS) is 1. The molecule has 0 bridgehead atoms. The number of hydrogen-bond acceptors (Lipinski definition) is 4. The minimum atomic E-state index is -0.962. The van der Waals surface area contributed by atoms with Gasteiger partial charge in [0.2, 0.25) is 0 Å². The average molecular weight is 275 g/mol. The largest absolute Gasteiger partial charge is 0.496 e. The van der Waals surface area contributed by atoms with Crippen LogP contribution >= 0.6 is 11.8 Å². The molecule has 0 saturated carbocycles. The Hall–Kier alpha value is -2.01. The molecule has 1 aromatic carbocycles. The molecule has 0 aliphatic carbocycles. The normalized spacial score (nSPS) is 10.2. The highest BCUT2D eigenvalue weighted by Gasteiger charge is 2.05. The Morgan fingerprint density at radius 3 is 2.74 bits per heavy atom. The summed E-state index contributed by atoms with van der Waals surface area (Å²) >= 11 is 1.60. The van der Waals surface area contributed by atoms with Crippen LogP contribution in [0.3, 0.4) is 0 Å². The van der Waals surface area contributed by atoms with Crippen LogP contribution in [0.4, 0.5) is 0 Å². The van der Waals surface area contributed by atoms with Gasteiger partial charge in [-0.05, 0) is 24.3 Å². The first-order chi connectivity index (χ1) is 9.20. The maximum Gasteiger partial charge on any atom is 0.337 e. The number of methoxy groups -OCH3 is 1. The molecule has 0 aliphatic heterocycles. The summed E-state index contributed by atoms with van der Waals surface area (Å²) in [7, 11) is 1.64. The van der Waals surface area contributed by atoms with E-state index in [1.807, 2.05) is 24.3 Å². The average Bonchev–Trinajstić information content (AvgIpc) is 2.45. The first-order valence-electron chi connectivity index (χ1n) is 5.64. The SMILES string of the molecule is COc1ccccc1SCc1ccc(C(=O)O)cn1. The minimum Gasteiger partial charge on any atom is -0.496 e. The number of aromatic nitrogens is 1. The Kier molecular flexibility index (Phi) is 4.41. The lowest BCUT2D eigenvalue weighted by Gasteiger charge is -2.07. The van der Waals surface area contributed by atoms with E-state index in [9.17, 15) is 4.79 Å². The third-order valence-corrected chi connectivity index (χ3v) is 3.60. The number of benzene rings is 1. The molecule has 1 heterocycles. The van der Waals surface area contributed by atoms with Crippen LogP contribution in [-0.2, 0) is 5.75 Å². The zero-order chi connectivity index (χ0) is 13.7. The van der Waals surface area contributed by atoms with Gasteiger partial charge in [-0.15, -0.1) is 11.8 Å². The molecule has 0 saturated heterocycles. The second-order valence-corrected chi connectivity index (χ2v) is 4.80. The maximum atomic E-state index is 10.7. The molecule has 0 fully saturated rings. The molecule has 1 aromatic heterocycles. The van der Waals surface area contributed by atoms with Crippen molar-refractivity contribution in [2.24, 2.45) is 0 Å². The molecule has 0 unspecified atom stereocenters. The number of carboxylic acids is 1. The summed E-state index contributed by atoms with van der Waals surface area (Å²) in [6.45, 7) is 0. The summed E-state index contributed by atoms with van der Waals surface area (Å²) in [5.74, 6) is 0.534. The van der Waals surface area contributed by atoms with E-state index in [0.29, 0.717) is 5.75 Å². The number of carbonyl (C=O) groups is 1. The number of aromatic carboxylic acids is 1. The van der Waals surface area contributed by atoms with Gasteiger partial charge in [0.15, 0.2) is 0 Å². The van der Waals surface area contributed by atoms with Crippen LogP contribution in [0.25, 0.3) is 0 Å². The van der Waals surface area contributed by atoms with Crippen LogP contribution in [0.2, 0.25) is 0 Å². The van der Waals surface area contributed by atoms with Crippen molar-refractivity contribution in [2.45, 2.75) is 10.6 Å². The standard InChI is InChI=1S/C14H13NO3S/c1-18-12-4-2-3-5-13(12)19-9-11-7-6-10(8-15-11)14(16)17/h2-8H,9H2,1H3,(H,16,17). The molecular weight excluding hydrogens is 262 g/mol. The van der Waals surface area contributed by atoms with E-state index in [2.05, 4.69) is 4.98 Å². The van der Waals surface area contributed by atoms with Crippen molar-refractivity contribution in [3.05, 3.63) is 53.9 Å². The Balaban J connectivity index is 2.04. The van der Waals surface area contributed by atoms with Gasteiger partial charge in [0.25, 0.3) is 0 Å². The minimum absolute atomic E-state index is 0.200. The van der Waals surface area contributed by atoms with Crippen molar-refractivity contribution in [1.82, 2.24) is 4.98 Å². The van der Waals surface area contributed by atoms with Crippen molar-refractivity contribution in [1.29, 1.82) is 0 Å². The lowest BCUT2D eigenvalue weighted by Crippen LogP contribution is -1.98. The van der Waals surface area contributed by atoms with Crippen molar-refractivity contribution in [3.63, 3.8) is 0 Å². The van der Waals surface area contributed by atoms with Crippen molar-refractivity contribution >= 4 is 17.7 Å². The van der Waals surface area contributed by atoms with Gasteiger partial charge in [0.1, 0.15) is 5.75 Å². The Labute approximate surface area is 115 Å². The number of thioether (sulfide) groups is 1. The van der Waals surface area contributed by atoms with Crippen LogP contribution < -0.4 is 4.74 Å². The van der Waals surface area contributed by atoms with Gasteiger partial charge in [-0.2, -0.15) is 0 Å². The summed E-state index contributed by atoms with van der Waals surface area (Å²) in [6.07, 6.45) is 1.38. The molecule has 2 aromatic rings. The fraction of sp³-hybridized carbons (Fsp3) is 0.143. The number of ether oxygens (including phenoxy) is 1. The Morgan fingerprint density at radius 2 is 2.11 bits per heavy atom. The molecule has 0 atom stereocenters. The van der Waals surface area contributed by atoms with Crippen LogP contribution in [-0.4, -0.2) is 23.2 Å². The first-order valence-corrected chi connectivity index (χ1v) is 6.63. The van der Waals surface area contributed by atoms with E-state index in [1.54, 1.807) is 31.0 Å². The third kappa shape index (κ3) is 3.48. The first kappa shape index (κ1) is 13.4. The molecule has 0 spiro atoms. The molecule has 5 heteroatoms. The van der Waals surface area contributed by atoms with Gasteiger partial charge < -0.3 is 9.84 Å². The molecule has 0 amide bonds. The van der Waals surface area contributed by atoms with Gasteiger partial charge in [-0.1, -0.05) is 12.1 Å². The summed E-state index contributed by atoms with van der Waals surface area (Å²) < 4.78 is 5.27. The van der Waals surface area contributed by atoms with Gasteiger partial charge in [0.05, 0.1) is 18.4 Å². The number of para-hydroxylation sites is 1. The van der Waals surface area contributed by atoms with Gasteiger partial charge in [-0.25, -0.2) is 4.79 Å². The van der Waals surface area contributed by atoms with Crippen LogP contribution in [0.15, 0.2) is 47.5 Å². The number of hydrogen-bond donors (Lipinski definition) is 1. The van der Waals surface area contributed by atoms with Crippen molar-refractivity contribution < 1.29 is 14.6 Å². The smallest absolute Gasteiger partial charge is 0.337 e. The van der Waals surface area contributed by atoms with Crippen molar-refractivity contribution in [3.8, 4) is 5.75 Å². The Bertz CT molecular complexity index is 569. The number of pyridine rings is 1. The fourth-order valence-corrected chi connectivity index (χ4v) is 2.47. The topological polar surface area (TPSA) is 59.4 Å². The highest BCUT2D eigenvalue weighted by Crippen LogP contribution is 2.30. The molecule has 1 N–H and O–H groups in total. The van der Waals surface area contributed by atoms with Crippen LogP contribution in [0, 0.1) is 0 Å². The van der Waals surface area contributed by atoms with Crippen LogP contribution in [0.5, 0.6) is 5.75 Å².